The molecule has 0 bridgehead atoms. The predicted molar refractivity (Wildman–Crippen MR) is 150 cm³/mol. The van der Waals surface area contributed by atoms with Crippen LogP contribution in [0.2, 0.25) is 0 Å². The van der Waals surface area contributed by atoms with E-state index >= 15 is 0 Å². The first-order valence-corrected chi connectivity index (χ1v) is 13.0. The van der Waals surface area contributed by atoms with Crippen LogP contribution in [0.1, 0.15) is 46.3 Å². The maximum atomic E-state index is 13.1. The van der Waals surface area contributed by atoms with Gasteiger partial charge in [0, 0.05) is 29.0 Å². The molecule has 0 radical (unpaired) electrons. The van der Waals surface area contributed by atoms with Crippen LogP contribution < -0.4 is 16.4 Å². The third-order valence-corrected chi connectivity index (χ3v) is 6.65. The minimum Gasteiger partial charge on any atom is -0.475 e. The minimum atomic E-state index is -5.08. The second-order valence-corrected chi connectivity index (χ2v) is 9.66. The number of hydrogen-bond acceptors (Lipinski definition) is 5. The van der Waals surface area contributed by atoms with E-state index in [0.29, 0.717) is 16.8 Å². The molecule has 2 aliphatic heterocycles. The summed E-state index contributed by atoms with van der Waals surface area (Å²) >= 11 is 0. The molecule has 5 N–H and O–H groups in total. The Labute approximate surface area is 234 Å². The highest BCUT2D eigenvalue weighted by molar-refractivity contribution is 6.37. The van der Waals surface area contributed by atoms with Crippen LogP contribution in [0.25, 0.3) is 11.3 Å². The Kier molecular flexibility index (Phi) is 9.08. The SMILES string of the molecule is NC(=O)c1ccc2c(c1)NC(=O)/C2=C(\Nc1cccc(CN2CCCCC2)c1)c1ccccc1.O=C(O)C(F)(F)F. The summed E-state index contributed by atoms with van der Waals surface area (Å²) in [6, 6.07) is 23.3. The third kappa shape index (κ3) is 7.52. The van der Waals surface area contributed by atoms with Crippen molar-refractivity contribution in [2.45, 2.75) is 32.0 Å². The molecule has 0 aliphatic carbocycles. The summed E-state index contributed by atoms with van der Waals surface area (Å²) in [5.41, 5.74) is 11.5. The number of nitrogens with one attached hydrogen (secondary N) is 2. The molecular weight excluding hydrogens is 537 g/mol. The molecule has 0 saturated carbocycles. The molecule has 1 saturated heterocycles. The number of nitrogens with two attached hydrogens (primary N) is 1. The van der Waals surface area contributed by atoms with Gasteiger partial charge in [-0.25, -0.2) is 4.79 Å². The van der Waals surface area contributed by atoms with Gasteiger partial charge >= 0.3 is 12.1 Å². The molecule has 11 heteroatoms. The van der Waals surface area contributed by atoms with Crippen LogP contribution in [-0.4, -0.2) is 47.1 Å². The number of fused-ring (bicyclic) bond motifs is 1. The summed E-state index contributed by atoms with van der Waals surface area (Å²) in [7, 11) is 0. The van der Waals surface area contributed by atoms with E-state index in [1.54, 1.807) is 18.2 Å². The molecule has 2 aliphatic rings. The summed E-state index contributed by atoms with van der Waals surface area (Å²) < 4.78 is 31.7. The number of carbonyl (C=O) groups excluding carboxylic acids is 2. The lowest BCUT2D eigenvalue weighted by molar-refractivity contribution is -0.192. The molecule has 5 rings (SSSR count). The molecule has 2 amide bonds. The molecule has 214 valence electrons. The van der Waals surface area contributed by atoms with Crippen molar-refractivity contribution in [1.82, 2.24) is 4.90 Å². The average molecular weight is 567 g/mol. The summed E-state index contributed by atoms with van der Waals surface area (Å²) in [5.74, 6) is -3.50. The second kappa shape index (κ2) is 12.7. The van der Waals surface area contributed by atoms with Crippen molar-refractivity contribution in [1.29, 1.82) is 0 Å². The number of likely N-dealkylation sites (tertiary alicyclic amines) is 1. The van der Waals surface area contributed by atoms with Crippen LogP contribution in [0, 0.1) is 0 Å². The number of carbonyl (C=O) groups is 3. The van der Waals surface area contributed by atoms with E-state index in [9.17, 15) is 22.8 Å². The number of amides is 2. The monoisotopic (exact) mass is 566 g/mol. The van der Waals surface area contributed by atoms with Gasteiger partial charge in [0.25, 0.3) is 5.91 Å². The number of halogens is 3. The summed E-state index contributed by atoms with van der Waals surface area (Å²) in [6.45, 7) is 3.20. The Balaban J connectivity index is 0.000000493. The quantitative estimate of drug-likeness (QED) is 0.299. The molecular formula is C30H29F3N4O4. The Hall–Kier alpha value is -4.64. The first-order chi connectivity index (χ1) is 19.5. The van der Waals surface area contributed by atoms with Gasteiger partial charge in [-0.2, -0.15) is 13.2 Å². The fraction of sp³-hybridized carbons (Fsp3) is 0.233. The lowest BCUT2D eigenvalue weighted by Crippen LogP contribution is -2.29. The van der Waals surface area contributed by atoms with Gasteiger partial charge < -0.3 is 21.5 Å². The summed E-state index contributed by atoms with van der Waals surface area (Å²) in [5, 5.41) is 13.6. The van der Waals surface area contributed by atoms with E-state index in [2.05, 4.69) is 33.7 Å². The van der Waals surface area contributed by atoms with Crippen LogP contribution in [0.5, 0.6) is 0 Å². The smallest absolute Gasteiger partial charge is 0.475 e. The number of carboxylic acid groups (broad SMARTS) is 1. The lowest BCUT2D eigenvalue weighted by atomic mass is 9.98. The van der Waals surface area contributed by atoms with Crippen molar-refractivity contribution in [3.05, 3.63) is 95.1 Å². The van der Waals surface area contributed by atoms with Crippen molar-refractivity contribution in [2.75, 3.05) is 23.7 Å². The maximum Gasteiger partial charge on any atom is 0.490 e. The van der Waals surface area contributed by atoms with Crippen LogP contribution in [0.15, 0.2) is 72.8 Å². The molecule has 0 spiro atoms. The van der Waals surface area contributed by atoms with Crippen molar-refractivity contribution in [3.8, 4) is 0 Å². The van der Waals surface area contributed by atoms with Gasteiger partial charge in [0.2, 0.25) is 5.91 Å². The number of anilines is 2. The third-order valence-electron chi connectivity index (χ3n) is 6.65. The van der Waals surface area contributed by atoms with Crippen LogP contribution in [0.3, 0.4) is 0 Å². The lowest BCUT2D eigenvalue weighted by Gasteiger charge is -2.26. The summed E-state index contributed by atoms with van der Waals surface area (Å²) in [6.07, 6.45) is -1.25. The fourth-order valence-electron chi connectivity index (χ4n) is 4.73. The largest absolute Gasteiger partial charge is 0.490 e. The van der Waals surface area contributed by atoms with E-state index in [1.807, 2.05) is 36.4 Å². The van der Waals surface area contributed by atoms with Gasteiger partial charge in [-0.15, -0.1) is 0 Å². The van der Waals surface area contributed by atoms with Crippen LogP contribution >= 0.6 is 0 Å². The highest BCUT2D eigenvalue weighted by Crippen LogP contribution is 2.38. The van der Waals surface area contributed by atoms with Crippen molar-refractivity contribution in [3.63, 3.8) is 0 Å². The molecule has 8 nitrogen and oxygen atoms in total. The molecule has 41 heavy (non-hydrogen) atoms. The number of benzene rings is 3. The van der Waals surface area contributed by atoms with Gasteiger partial charge in [-0.05, 0) is 61.3 Å². The Bertz CT molecular complexity index is 1470. The number of primary amides is 1. The summed E-state index contributed by atoms with van der Waals surface area (Å²) in [4.78, 5) is 36.1. The predicted octanol–water partition coefficient (Wildman–Crippen LogP) is 5.34. The number of hydrogen-bond donors (Lipinski definition) is 4. The van der Waals surface area contributed by atoms with Crippen molar-refractivity contribution < 1.29 is 32.7 Å². The second-order valence-electron chi connectivity index (χ2n) is 9.66. The first-order valence-electron chi connectivity index (χ1n) is 13.0. The average Bonchev–Trinajstić information content (AvgIpc) is 3.27. The standard InChI is InChI=1S/C28H28N4O2.C2HF3O2/c29-27(33)21-12-13-23-24(17-21)31-28(34)25(23)26(20-9-3-1-4-10-20)30-22-11-7-8-19(16-22)18-32-14-5-2-6-15-32;3-2(4,5)1(6)7/h1,3-4,7-13,16-17,30H,2,5-6,14-15,18H2,(H2,29,33)(H,31,34);(H,6,7)/b26-25-;. The number of alkyl halides is 3. The van der Waals surface area contributed by atoms with Gasteiger partial charge in [-0.3, -0.25) is 14.5 Å². The molecule has 0 atom stereocenters. The molecule has 0 unspecified atom stereocenters. The number of nitrogens with zero attached hydrogens (tertiary/aromatic N) is 1. The van der Waals surface area contributed by atoms with Gasteiger partial charge in [-0.1, -0.05) is 55.0 Å². The number of carboxylic acids is 1. The maximum absolute atomic E-state index is 13.1. The van der Waals surface area contributed by atoms with Crippen molar-refractivity contribution in [2.24, 2.45) is 5.73 Å². The topological polar surface area (TPSA) is 125 Å². The fourth-order valence-corrected chi connectivity index (χ4v) is 4.73. The number of piperidine rings is 1. The molecule has 0 aromatic heterocycles. The van der Waals surface area contributed by atoms with Gasteiger partial charge in [0.15, 0.2) is 0 Å². The van der Waals surface area contributed by atoms with Gasteiger partial charge in [0.05, 0.1) is 11.3 Å². The van der Waals surface area contributed by atoms with Crippen LogP contribution in [0.4, 0.5) is 24.5 Å². The number of aliphatic carboxylic acids is 1. The Morgan fingerprint density at radius 3 is 2.24 bits per heavy atom. The Morgan fingerprint density at radius 1 is 0.927 bits per heavy atom. The van der Waals surface area contributed by atoms with E-state index < -0.39 is 18.1 Å². The highest BCUT2D eigenvalue weighted by Gasteiger charge is 2.38. The minimum absolute atomic E-state index is 0.215. The molecule has 2 heterocycles. The Morgan fingerprint density at radius 2 is 1.61 bits per heavy atom. The first kappa shape index (κ1) is 29.3. The van der Waals surface area contributed by atoms with E-state index in [1.165, 1.54) is 24.8 Å². The van der Waals surface area contributed by atoms with E-state index in [-0.39, 0.29) is 5.91 Å². The zero-order valence-corrected chi connectivity index (χ0v) is 22.0. The van der Waals surface area contributed by atoms with Crippen LogP contribution in [-0.2, 0) is 16.1 Å². The zero-order chi connectivity index (χ0) is 29.6. The molecule has 3 aromatic carbocycles. The van der Waals surface area contributed by atoms with Gasteiger partial charge in [0.1, 0.15) is 0 Å². The highest BCUT2D eigenvalue weighted by atomic mass is 19.4. The van der Waals surface area contributed by atoms with Crippen molar-refractivity contribution >= 4 is 40.4 Å². The van der Waals surface area contributed by atoms with E-state index in [0.717, 1.165) is 42.1 Å². The molecule has 3 aromatic rings. The zero-order valence-electron chi connectivity index (χ0n) is 22.0. The normalized spacial score (nSPS) is 16.1. The van der Waals surface area contributed by atoms with E-state index in [4.69, 9.17) is 15.6 Å². The molecule has 1 fully saturated rings. The number of rotatable bonds is 6.